The molecular weight excluding hydrogens is 242 g/mol. The largest absolute Gasteiger partial charge is 0.497 e. The molecule has 2 N–H and O–H groups in total. The summed E-state index contributed by atoms with van der Waals surface area (Å²) in [6.45, 7) is 0.595. The van der Waals surface area contributed by atoms with Crippen LogP contribution in [0.4, 0.5) is 5.95 Å². The monoisotopic (exact) mass is 257 g/mol. The van der Waals surface area contributed by atoms with Gasteiger partial charge in [-0.15, -0.1) is 0 Å². The summed E-state index contributed by atoms with van der Waals surface area (Å²) < 4.78 is 9.10. The standard InChI is InChI=1S/C13H15N5O/c1-17-6-5-15-12(17)8-18-11-4-3-9(19-2)7-10(11)16-13(18)14/h3-7H,8H2,1-2H3,(H2,14,16). The summed E-state index contributed by atoms with van der Waals surface area (Å²) in [5.74, 6) is 2.18. The number of benzene rings is 1. The van der Waals surface area contributed by atoms with Gasteiger partial charge in [0.05, 0.1) is 24.7 Å². The first-order valence-corrected chi connectivity index (χ1v) is 5.95. The van der Waals surface area contributed by atoms with E-state index in [-0.39, 0.29) is 0 Å². The van der Waals surface area contributed by atoms with E-state index in [1.807, 2.05) is 40.6 Å². The summed E-state index contributed by atoms with van der Waals surface area (Å²) in [7, 11) is 3.59. The highest BCUT2D eigenvalue weighted by Gasteiger charge is 2.11. The van der Waals surface area contributed by atoms with Gasteiger partial charge in [-0.3, -0.25) is 0 Å². The summed E-state index contributed by atoms with van der Waals surface area (Å²) in [6, 6.07) is 5.74. The van der Waals surface area contributed by atoms with Gasteiger partial charge in [0.1, 0.15) is 11.6 Å². The molecule has 0 unspecified atom stereocenters. The van der Waals surface area contributed by atoms with Crippen LogP contribution >= 0.6 is 0 Å². The van der Waals surface area contributed by atoms with Gasteiger partial charge in [0.2, 0.25) is 5.95 Å². The van der Waals surface area contributed by atoms with Crippen LogP contribution in [0.5, 0.6) is 5.75 Å². The van der Waals surface area contributed by atoms with Crippen molar-refractivity contribution >= 4 is 17.0 Å². The number of nitrogen functional groups attached to an aromatic ring is 1. The highest BCUT2D eigenvalue weighted by molar-refractivity contribution is 5.80. The van der Waals surface area contributed by atoms with Crippen LogP contribution in [0.2, 0.25) is 0 Å². The second-order valence-corrected chi connectivity index (χ2v) is 4.37. The molecule has 0 fully saturated rings. The van der Waals surface area contributed by atoms with Crippen molar-refractivity contribution in [2.45, 2.75) is 6.54 Å². The number of imidazole rings is 2. The minimum Gasteiger partial charge on any atom is -0.497 e. The third kappa shape index (κ3) is 1.91. The lowest BCUT2D eigenvalue weighted by Crippen LogP contribution is -2.08. The first-order valence-electron chi connectivity index (χ1n) is 5.95. The molecule has 0 aliphatic rings. The number of hydrogen-bond acceptors (Lipinski definition) is 4. The average molecular weight is 257 g/mol. The molecule has 2 aromatic heterocycles. The molecule has 0 aliphatic heterocycles. The Hall–Kier alpha value is -2.50. The molecule has 3 aromatic rings. The van der Waals surface area contributed by atoms with Crippen LogP contribution in [0, 0.1) is 0 Å². The van der Waals surface area contributed by atoms with E-state index in [0.717, 1.165) is 22.6 Å². The molecule has 0 bridgehead atoms. The number of ether oxygens (including phenoxy) is 1. The molecule has 19 heavy (non-hydrogen) atoms. The van der Waals surface area contributed by atoms with Gasteiger partial charge in [-0.2, -0.15) is 0 Å². The van der Waals surface area contributed by atoms with Crippen molar-refractivity contribution in [2.75, 3.05) is 12.8 Å². The number of anilines is 1. The number of nitrogens with two attached hydrogens (primary N) is 1. The summed E-state index contributed by atoms with van der Waals surface area (Å²) in [6.07, 6.45) is 3.68. The Balaban J connectivity index is 2.08. The van der Waals surface area contributed by atoms with Gasteiger partial charge in [0.15, 0.2) is 0 Å². The molecule has 0 saturated heterocycles. The Morgan fingerprint density at radius 3 is 2.89 bits per heavy atom. The molecule has 0 atom stereocenters. The molecule has 6 heteroatoms. The van der Waals surface area contributed by atoms with Crippen molar-refractivity contribution in [3.05, 3.63) is 36.4 Å². The highest BCUT2D eigenvalue weighted by Crippen LogP contribution is 2.23. The summed E-state index contributed by atoms with van der Waals surface area (Å²) >= 11 is 0. The van der Waals surface area contributed by atoms with Crippen molar-refractivity contribution in [3.63, 3.8) is 0 Å². The van der Waals surface area contributed by atoms with Crippen LogP contribution < -0.4 is 10.5 Å². The van der Waals surface area contributed by atoms with E-state index in [2.05, 4.69) is 9.97 Å². The Bertz CT molecular complexity index is 728. The van der Waals surface area contributed by atoms with Crippen LogP contribution in [0.15, 0.2) is 30.6 Å². The molecule has 0 amide bonds. The second-order valence-electron chi connectivity index (χ2n) is 4.37. The molecule has 3 rings (SSSR count). The number of aromatic nitrogens is 4. The van der Waals surface area contributed by atoms with Gasteiger partial charge in [-0.25, -0.2) is 9.97 Å². The predicted molar refractivity (Wildman–Crippen MR) is 73.0 cm³/mol. The SMILES string of the molecule is COc1ccc2c(c1)nc(N)n2Cc1nccn1C. The summed E-state index contributed by atoms with van der Waals surface area (Å²) in [5.41, 5.74) is 7.78. The normalized spacial score (nSPS) is 11.1. The maximum absolute atomic E-state index is 5.99. The number of hydrogen-bond donors (Lipinski definition) is 1. The Kier molecular flexibility index (Phi) is 2.63. The van der Waals surface area contributed by atoms with Crippen LogP contribution in [0.3, 0.4) is 0 Å². The zero-order chi connectivity index (χ0) is 13.4. The fourth-order valence-electron chi connectivity index (χ4n) is 2.11. The molecular formula is C13H15N5O. The fraction of sp³-hybridized carbons (Fsp3) is 0.231. The van der Waals surface area contributed by atoms with E-state index in [1.165, 1.54) is 0 Å². The Morgan fingerprint density at radius 1 is 1.37 bits per heavy atom. The third-order valence-corrected chi connectivity index (χ3v) is 3.21. The van der Waals surface area contributed by atoms with Crippen molar-refractivity contribution in [1.29, 1.82) is 0 Å². The zero-order valence-corrected chi connectivity index (χ0v) is 10.9. The molecule has 1 aromatic carbocycles. The summed E-state index contributed by atoms with van der Waals surface area (Å²) in [5, 5.41) is 0. The van der Waals surface area contributed by atoms with Crippen molar-refractivity contribution in [3.8, 4) is 5.75 Å². The van der Waals surface area contributed by atoms with Crippen LogP contribution in [-0.2, 0) is 13.6 Å². The van der Waals surface area contributed by atoms with E-state index in [0.29, 0.717) is 12.5 Å². The molecule has 2 heterocycles. The quantitative estimate of drug-likeness (QED) is 0.770. The second kappa shape index (κ2) is 4.31. The Labute approximate surface area is 110 Å². The molecule has 0 radical (unpaired) electrons. The number of rotatable bonds is 3. The van der Waals surface area contributed by atoms with Gasteiger partial charge in [-0.1, -0.05) is 0 Å². The van der Waals surface area contributed by atoms with E-state index < -0.39 is 0 Å². The van der Waals surface area contributed by atoms with Gasteiger partial charge in [0, 0.05) is 25.5 Å². The lowest BCUT2D eigenvalue weighted by atomic mass is 10.3. The first kappa shape index (κ1) is 11.6. The maximum Gasteiger partial charge on any atom is 0.201 e. The summed E-state index contributed by atoms with van der Waals surface area (Å²) in [4.78, 5) is 8.66. The number of nitrogens with zero attached hydrogens (tertiary/aromatic N) is 4. The average Bonchev–Trinajstić information content (AvgIpc) is 2.94. The molecule has 0 saturated carbocycles. The number of fused-ring (bicyclic) bond motifs is 1. The first-order chi connectivity index (χ1) is 9.19. The van der Waals surface area contributed by atoms with Crippen molar-refractivity contribution in [2.24, 2.45) is 7.05 Å². The minimum atomic E-state index is 0.478. The molecule has 0 spiro atoms. The Morgan fingerprint density at radius 2 is 2.21 bits per heavy atom. The van der Waals surface area contributed by atoms with Crippen LogP contribution in [-0.4, -0.2) is 26.2 Å². The highest BCUT2D eigenvalue weighted by atomic mass is 16.5. The van der Waals surface area contributed by atoms with Gasteiger partial charge >= 0.3 is 0 Å². The van der Waals surface area contributed by atoms with Gasteiger partial charge in [-0.05, 0) is 12.1 Å². The lowest BCUT2D eigenvalue weighted by molar-refractivity contribution is 0.415. The van der Waals surface area contributed by atoms with E-state index in [9.17, 15) is 0 Å². The third-order valence-electron chi connectivity index (χ3n) is 3.21. The van der Waals surface area contributed by atoms with Gasteiger partial charge < -0.3 is 19.6 Å². The van der Waals surface area contributed by atoms with Crippen LogP contribution in [0.1, 0.15) is 5.82 Å². The topological polar surface area (TPSA) is 70.9 Å². The number of aryl methyl sites for hydroxylation is 1. The zero-order valence-electron chi connectivity index (χ0n) is 10.9. The van der Waals surface area contributed by atoms with Crippen molar-refractivity contribution < 1.29 is 4.74 Å². The van der Waals surface area contributed by atoms with Crippen molar-refractivity contribution in [1.82, 2.24) is 19.1 Å². The van der Waals surface area contributed by atoms with Crippen LogP contribution in [0.25, 0.3) is 11.0 Å². The molecule has 6 nitrogen and oxygen atoms in total. The fourth-order valence-corrected chi connectivity index (χ4v) is 2.11. The minimum absolute atomic E-state index is 0.478. The molecule has 98 valence electrons. The van der Waals surface area contributed by atoms with E-state index >= 15 is 0 Å². The predicted octanol–water partition coefficient (Wildman–Crippen LogP) is 1.41. The van der Waals surface area contributed by atoms with Gasteiger partial charge in [0.25, 0.3) is 0 Å². The molecule has 0 aliphatic carbocycles. The lowest BCUT2D eigenvalue weighted by Gasteiger charge is -2.06. The number of methoxy groups -OCH3 is 1. The van der Waals surface area contributed by atoms with E-state index in [4.69, 9.17) is 10.5 Å². The van der Waals surface area contributed by atoms with E-state index in [1.54, 1.807) is 13.3 Å². The smallest absolute Gasteiger partial charge is 0.201 e. The maximum atomic E-state index is 5.99.